The fraction of sp³-hybridized carbons (Fsp3) is 0.786. The van der Waals surface area contributed by atoms with E-state index in [1.54, 1.807) is 0 Å². The molecule has 1 N–H and O–H groups in total. The summed E-state index contributed by atoms with van der Waals surface area (Å²) < 4.78 is 1.90. The minimum Gasteiger partial charge on any atom is -0.390 e. The largest absolute Gasteiger partial charge is 0.390 e. The molecule has 1 atom stereocenters. The minimum atomic E-state index is -0.509. The average molecular weight is 236 g/mol. The van der Waals surface area contributed by atoms with Crippen molar-refractivity contribution in [3.05, 3.63) is 18.0 Å². The van der Waals surface area contributed by atoms with Crippen molar-refractivity contribution in [3.8, 4) is 0 Å². The monoisotopic (exact) mass is 236 g/mol. The van der Waals surface area contributed by atoms with Gasteiger partial charge in [-0.05, 0) is 44.6 Å². The summed E-state index contributed by atoms with van der Waals surface area (Å²) in [5.74, 6) is 0.490. The second kappa shape index (κ2) is 5.21. The van der Waals surface area contributed by atoms with Crippen molar-refractivity contribution in [3.63, 3.8) is 0 Å². The van der Waals surface area contributed by atoms with Gasteiger partial charge in [-0.2, -0.15) is 5.10 Å². The summed E-state index contributed by atoms with van der Waals surface area (Å²) in [6.45, 7) is 2.01. The number of hydrogen-bond acceptors (Lipinski definition) is 2. The third kappa shape index (κ3) is 3.09. The molecule has 1 unspecified atom stereocenters. The van der Waals surface area contributed by atoms with Crippen molar-refractivity contribution in [2.75, 3.05) is 0 Å². The Morgan fingerprint density at radius 2 is 2.12 bits per heavy atom. The van der Waals surface area contributed by atoms with Crippen LogP contribution in [0.25, 0.3) is 0 Å². The Labute approximate surface area is 104 Å². The lowest BCUT2D eigenvalue weighted by Crippen LogP contribution is -2.36. The Morgan fingerprint density at radius 3 is 2.71 bits per heavy atom. The molecule has 0 aliphatic heterocycles. The second-order valence-corrected chi connectivity index (χ2v) is 5.64. The average Bonchev–Trinajstić information content (AvgIpc) is 2.74. The molecule has 3 nitrogen and oxygen atoms in total. The van der Waals surface area contributed by atoms with Crippen LogP contribution >= 0.6 is 0 Å². The van der Waals surface area contributed by atoms with E-state index in [9.17, 15) is 5.11 Å². The Morgan fingerprint density at radius 1 is 1.41 bits per heavy atom. The molecular formula is C14H24N2O. The summed E-state index contributed by atoms with van der Waals surface area (Å²) in [4.78, 5) is 0. The highest BCUT2D eigenvalue weighted by Crippen LogP contribution is 2.35. The highest BCUT2D eigenvalue weighted by Gasteiger charge is 2.32. The quantitative estimate of drug-likeness (QED) is 0.873. The fourth-order valence-corrected chi connectivity index (χ4v) is 2.96. The maximum atomic E-state index is 10.6. The molecule has 2 rings (SSSR count). The minimum absolute atomic E-state index is 0.490. The van der Waals surface area contributed by atoms with Gasteiger partial charge in [-0.3, -0.25) is 4.68 Å². The molecule has 0 saturated heterocycles. The Bertz CT molecular complexity index is 351. The Balaban J connectivity index is 1.90. The zero-order valence-corrected chi connectivity index (χ0v) is 11.0. The van der Waals surface area contributed by atoms with Crippen LogP contribution in [0, 0.1) is 5.92 Å². The number of aryl methyl sites for hydroxylation is 2. The van der Waals surface area contributed by atoms with Crippen molar-refractivity contribution >= 4 is 0 Å². The van der Waals surface area contributed by atoms with Crippen LogP contribution in [0.2, 0.25) is 0 Å². The standard InChI is InChI=1S/C14H24N2O/c1-14(17,12-6-4-3-5-7-12)10-8-13-9-11-15-16(13)2/h9,11-12,17H,3-8,10H2,1-2H3. The zero-order chi connectivity index (χ0) is 12.3. The molecule has 0 bridgehead atoms. The van der Waals surface area contributed by atoms with E-state index in [0.717, 1.165) is 12.8 Å². The molecule has 0 amide bonds. The molecule has 1 heterocycles. The molecule has 3 heteroatoms. The van der Waals surface area contributed by atoms with Gasteiger partial charge >= 0.3 is 0 Å². The van der Waals surface area contributed by atoms with E-state index in [1.807, 2.05) is 30.9 Å². The Hall–Kier alpha value is -0.830. The molecule has 0 spiro atoms. The van der Waals surface area contributed by atoms with Crippen molar-refractivity contribution in [2.45, 2.75) is 57.5 Å². The lowest BCUT2D eigenvalue weighted by atomic mass is 9.75. The summed E-state index contributed by atoms with van der Waals surface area (Å²) in [7, 11) is 1.96. The van der Waals surface area contributed by atoms with Gasteiger partial charge in [0.2, 0.25) is 0 Å². The van der Waals surface area contributed by atoms with Gasteiger partial charge < -0.3 is 5.11 Å². The van der Waals surface area contributed by atoms with Gasteiger partial charge in [-0.1, -0.05) is 19.3 Å². The molecule has 17 heavy (non-hydrogen) atoms. The van der Waals surface area contributed by atoms with E-state index in [0.29, 0.717) is 5.92 Å². The van der Waals surface area contributed by atoms with E-state index < -0.39 is 5.60 Å². The van der Waals surface area contributed by atoms with Crippen LogP contribution in [-0.2, 0) is 13.5 Å². The predicted octanol–water partition coefficient (Wildman–Crippen LogP) is 2.68. The molecule has 1 aromatic heterocycles. The lowest BCUT2D eigenvalue weighted by Gasteiger charge is -2.35. The van der Waals surface area contributed by atoms with Crippen LogP contribution in [0.15, 0.2) is 12.3 Å². The van der Waals surface area contributed by atoms with Gasteiger partial charge in [0, 0.05) is 18.9 Å². The maximum Gasteiger partial charge on any atom is 0.0651 e. The van der Waals surface area contributed by atoms with Crippen LogP contribution in [0.5, 0.6) is 0 Å². The first kappa shape index (κ1) is 12.6. The van der Waals surface area contributed by atoms with E-state index >= 15 is 0 Å². The molecular weight excluding hydrogens is 212 g/mol. The first-order valence-electron chi connectivity index (χ1n) is 6.79. The van der Waals surface area contributed by atoms with Gasteiger partial charge in [0.15, 0.2) is 0 Å². The van der Waals surface area contributed by atoms with Gasteiger partial charge in [0.1, 0.15) is 0 Å². The topological polar surface area (TPSA) is 38.0 Å². The van der Waals surface area contributed by atoms with Gasteiger partial charge in [0.25, 0.3) is 0 Å². The maximum absolute atomic E-state index is 10.6. The van der Waals surface area contributed by atoms with Crippen molar-refractivity contribution in [2.24, 2.45) is 13.0 Å². The van der Waals surface area contributed by atoms with Crippen molar-refractivity contribution in [1.29, 1.82) is 0 Å². The van der Waals surface area contributed by atoms with Crippen molar-refractivity contribution in [1.82, 2.24) is 9.78 Å². The second-order valence-electron chi connectivity index (χ2n) is 5.64. The predicted molar refractivity (Wildman–Crippen MR) is 68.7 cm³/mol. The fourth-order valence-electron chi connectivity index (χ4n) is 2.96. The molecule has 96 valence electrons. The van der Waals surface area contributed by atoms with Gasteiger partial charge in [-0.15, -0.1) is 0 Å². The summed E-state index contributed by atoms with van der Waals surface area (Å²) in [6, 6.07) is 2.04. The highest BCUT2D eigenvalue weighted by molar-refractivity contribution is 5.01. The van der Waals surface area contributed by atoms with Crippen LogP contribution < -0.4 is 0 Å². The first-order valence-corrected chi connectivity index (χ1v) is 6.79. The Kier molecular flexibility index (Phi) is 3.87. The number of hydrogen-bond donors (Lipinski definition) is 1. The SMILES string of the molecule is Cn1nccc1CCC(C)(O)C1CCCCC1. The van der Waals surface area contributed by atoms with E-state index in [4.69, 9.17) is 0 Å². The summed E-state index contributed by atoms with van der Waals surface area (Å²) in [5, 5.41) is 14.8. The highest BCUT2D eigenvalue weighted by atomic mass is 16.3. The third-order valence-corrected chi connectivity index (χ3v) is 4.29. The summed E-state index contributed by atoms with van der Waals surface area (Å²) >= 11 is 0. The zero-order valence-electron chi connectivity index (χ0n) is 11.0. The number of aromatic nitrogens is 2. The molecule has 1 aromatic rings. The number of nitrogens with zero attached hydrogens (tertiary/aromatic N) is 2. The normalized spacial score (nSPS) is 21.4. The van der Waals surface area contributed by atoms with Crippen LogP contribution in [0.4, 0.5) is 0 Å². The van der Waals surface area contributed by atoms with E-state index in [2.05, 4.69) is 5.10 Å². The van der Waals surface area contributed by atoms with Crippen molar-refractivity contribution < 1.29 is 5.11 Å². The smallest absolute Gasteiger partial charge is 0.0651 e. The summed E-state index contributed by atoms with van der Waals surface area (Å²) in [5.41, 5.74) is 0.700. The van der Waals surface area contributed by atoms with Crippen LogP contribution in [0.1, 0.15) is 51.1 Å². The molecule has 0 aromatic carbocycles. The third-order valence-electron chi connectivity index (χ3n) is 4.29. The molecule has 1 fully saturated rings. The van der Waals surface area contributed by atoms with Gasteiger partial charge in [0.05, 0.1) is 5.60 Å². The lowest BCUT2D eigenvalue weighted by molar-refractivity contribution is -0.0235. The molecule has 1 aliphatic carbocycles. The molecule has 1 aliphatic rings. The van der Waals surface area contributed by atoms with E-state index in [-0.39, 0.29) is 0 Å². The summed E-state index contributed by atoms with van der Waals surface area (Å²) in [6.07, 6.45) is 9.88. The number of aliphatic hydroxyl groups is 1. The van der Waals surface area contributed by atoms with Crippen LogP contribution in [0.3, 0.4) is 0 Å². The first-order chi connectivity index (χ1) is 8.09. The van der Waals surface area contributed by atoms with E-state index in [1.165, 1.54) is 37.8 Å². The molecule has 1 saturated carbocycles. The van der Waals surface area contributed by atoms with Gasteiger partial charge in [-0.25, -0.2) is 0 Å². The van der Waals surface area contributed by atoms with Crippen LogP contribution in [-0.4, -0.2) is 20.5 Å². The number of rotatable bonds is 4. The molecule has 0 radical (unpaired) electrons.